The third-order valence-electron chi connectivity index (χ3n) is 3.90. The van der Waals surface area contributed by atoms with Crippen molar-refractivity contribution >= 4 is 0 Å². The third-order valence-corrected chi connectivity index (χ3v) is 3.90. The number of hydrogen-bond acceptors (Lipinski definition) is 2. The fourth-order valence-electron chi connectivity index (χ4n) is 2.64. The molecular formula is C13H25NO. The molecule has 1 aliphatic heterocycles. The number of ether oxygens (including phenoxy) is 1. The van der Waals surface area contributed by atoms with Gasteiger partial charge in [0.05, 0.1) is 0 Å². The standard InChI is InChI=1S/C13H25NO/c1-12(2,3)14-10-13(11-4-5-11)6-8-15-9-7-13/h11,14H,4-10H2,1-3H3. The van der Waals surface area contributed by atoms with Gasteiger partial charge in [-0.15, -0.1) is 0 Å². The van der Waals surface area contributed by atoms with Crippen LogP contribution in [0.4, 0.5) is 0 Å². The molecular weight excluding hydrogens is 186 g/mol. The Hall–Kier alpha value is -0.0800. The molecule has 1 heterocycles. The van der Waals surface area contributed by atoms with E-state index in [0.717, 1.165) is 19.1 Å². The predicted octanol–water partition coefficient (Wildman–Crippen LogP) is 2.58. The van der Waals surface area contributed by atoms with Gasteiger partial charge in [-0.25, -0.2) is 0 Å². The molecule has 1 saturated heterocycles. The first-order chi connectivity index (χ1) is 7.02. The van der Waals surface area contributed by atoms with E-state index >= 15 is 0 Å². The Bertz CT molecular complexity index is 209. The maximum atomic E-state index is 5.51. The van der Waals surface area contributed by atoms with Crippen molar-refractivity contribution in [3.05, 3.63) is 0 Å². The highest BCUT2D eigenvalue weighted by atomic mass is 16.5. The lowest BCUT2D eigenvalue weighted by Crippen LogP contribution is -2.47. The largest absolute Gasteiger partial charge is 0.381 e. The predicted molar refractivity (Wildman–Crippen MR) is 63.0 cm³/mol. The SMILES string of the molecule is CC(C)(C)NCC1(C2CC2)CCOCC1. The minimum Gasteiger partial charge on any atom is -0.381 e. The van der Waals surface area contributed by atoms with Gasteiger partial charge in [0.1, 0.15) is 0 Å². The zero-order chi connectivity index (χ0) is 10.9. The summed E-state index contributed by atoms with van der Waals surface area (Å²) in [5.41, 5.74) is 0.811. The molecule has 15 heavy (non-hydrogen) atoms. The van der Waals surface area contributed by atoms with Crippen LogP contribution in [0.15, 0.2) is 0 Å². The van der Waals surface area contributed by atoms with E-state index in [9.17, 15) is 0 Å². The van der Waals surface area contributed by atoms with Crippen molar-refractivity contribution in [1.82, 2.24) is 5.32 Å². The fraction of sp³-hybridized carbons (Fsp3) is 1.00. The zero-order valence-corrected chi connectivity index (χ0v) is 10.4. The van der Waals surface area contributed by atoms with E-state index in [1.165, 1.54) is 32.2 Å². The molecule has 2 fully saturated rings. The Labute approximate surface area is 93.8 Å². The summed E-state index contributed by atoms with van der Waals surface area (Å²) in [4.78, 5) is 0. The highest BCUT2D eigenvalue weighted by molar-refractivity contribution is 4.97. The van der Waals surface area contributed by atoms with Crippen molar-refractivity contribution in [2.75, 3.05) is 19.8 Å². The second kappa shape index (κ2) is 4.06. The molecule has 2 rings (SSSR count). The second-order valence-electron chi connectivity index (χ2n) is 6.35. The van der Waals surface area contributed by atoms with Crippen LogP contribution in [0.1, 0.15) is 46.5 Å². The molecule has 1 N–H and O–H groups in total. The van der Waals surface area contributed by atoms with Crippen LogP contribution >= 0.6 is 0 Å². The molecule has 0 atom stereocenters. The first kappa shape index (κ1) is 11.4. The van der Waals surface area contributed by atoms with Gasteiger partial charge in [-0.3, -0.25) is 0 Å². The van der Waals surface area contributed by atoms with Crippen molar-refractivity contribution in [3.63, 3.8) is 0 Å². The first-order valence-corrected chi connectivity index (χ1v) is 6.35. The molecule has 2 heteroatoms. The Morgan fingerprint density at radius 2 is 1.80 bits per heavy atom. The maximum absolute atomic E-state index is 5.51. The average Bonchev–Trinajstić information content (AvgIpc) is 2.99. The minimum absolute atomic E-state index is 0.250. The van der Waals surface area contributed by atoms with Crippen molar-refractivity contribution in [2.24, 2.45) is 11.3 Å². The van der Waals surface area contributed by atoms with Crippen LogP contribution in [0.25, 0.3) is 0 Å². The molecule has 2 aliphatic rings. The van der Waals surface area contributed by atoms with Crippen LogP contribution in [0.3, 0.4) is 0 Å². The monoisotopic (exact) mass is 211 g/mol. The molecule has 1 aliphatic carbocycles. The van der Waals surface area contributed by atoms with Gasteiger partial charge >= 0.3 is 0 Å². The van der Waals surface area contributed by atoms with Crippen molar-refractivity contribution in [3.8, 4) is 0 Å². The maximum Gasteiger partial charge on any atom is 0.0471 e. The zero-order valence-electron chi connectivity index (χ0n) is 10.4. The normalized spacial score (nSPS) is 26.6. The van der Waals surface area contributed by atoms with E-state index < -0.39 is 0 Å². The summed E-state index contributed by atoms with van der Waals surface area (Å²) in [6.07, 6.45) is 5.43. The van der Waals surface area contributed by atoms with Gasteiger partial charge in [0.2, 0.25) is 0 Å². The van der Waals surface area contributed by atoms with Crippen LogP contribution in [-0.4, -0.2) is 25.3 Å². The number of hydrogen-bond donors (Lipinski definition) is 1. The van der Waals surface area contributed by atoms with Crippen molar-refractivity contribution in [1.29, 1.82) is 0 Å². The number of nitrogens with one attached hydrogen (secondary N) is 1. The Morgan fingerprint density at radius 1 is 1.20 bits per heavy atom. The quantitative estimate of drug-likeness (QED) is 0.774. The Morgan fingerprint density at radius 3 is 2.27 bits per heavy atom. The molecule has 0 aromatic heterocycles. The van der Waals surface area contributed by atoms with Crippen molar-refractivity contribution < 1.29 is 4.74 Å². The van der Waals surface area contributed by atoms with Gasteiger partial charge in [0, 0.05) is 25.3 Å². The summed E-state index contributed by atoms with van der Waals surface area (Å²) in [7, 11) is 0. The molecule has 0 bridgehead atoms. The topological polar surface area (TPSA) is 21.3 Å². The van der Waals surface area contributed by atoms with Gasteiger partial charge in [0.15, 0.2) is 0 Å². The summed E-state index contributed by atoms with van der Waals surface area (Å²) in [5.74, 6) is 0.983. The molecule has 0 amide bonds. The minimum atomic E-state index is 0.250. The summed E-state index contributed by atoms with van der Waals surface area (Å²) >= 11 is 0. The van der Waals surface area contributed by atoms with Crippen molar-refractivity contribution in [2.45, 2.75) is 52.0 Å². The molecule has 0 spiro atoms. The molecule has 0 radical (unpaired) electrons. The smallest absolute Gasteiger partial charge is 0.0471 e. The fourth-order valence-corrected chi connectivity index (χ4v) is 2.64. The molecule has 88 valence electrons. The third kappa shape index (κ3) is 2.94. The van der Waals surface area contributed by atoms with Crippen LogP contribution in [0.5, 0.6) is 0 Å². The van der Waals surface area contributed by atoms with E-state index in [4.69, 9.17) is 4.74 Å². The molecule has 0 unspecified atom stereocenters. The second-order valence-corrected chi connectivity index (χ2v) is 6.35. The molecule has 2 nitrogen and oxygen atoms in total. The molecule has 0 aromatic carbocycles. The summed E-state index contributed by atoms with van der Waals surface area (Å²) in [6.45, 7) is 9.90. The lowest BCUT2D eigenvalue weighted by atomic mass is 9.75. The lowest BCUT2D eigenvalue weighted by Gasteiger charge is -2.40. The molecule has 1 saturated carbocycles. The van der Waals surface area contributed by atoms with E-state index in [1.807, 2.05) is 0 Å². The van der Waals surface area contributed by atoms with E-state index in [1.54, 1.807) is 0 Å². The molecule has 0 aromatic rings. The Balaban J connectivity index is 1.93. The average molecular weight is 211 g/mol. The Kier molecular flexibility index (Phi) is 3.09. The highest BCUT2D eigenvalue weighted by Crippen LogP contribution is 2.51. The van der Waals surface area contributed by atoms with Gasteiger partial charge in [-0.2, -0.15) is 0 Å². The van der Waals surface area contributed by atoms with Gasteiger partial charge < -0.3 is 10.1 Å². The van der Waals surface area contributed by atoms with Gasteiger partial charge in [-0.05, 0) is 57.8 Å². The summed E-state index contributed by atoms with van der Waals surface area (Å²) < 4.78 is 5.51. The van der Waals surface area contributed by atoms with E-state index in [-0.39, 0.29) is 5.54 Å². The van der Waals surface area contributed by atoms with E-state index in [0.29, 0.717) is 5.41 Å². The van der Waals surface area contributed by atoms with Gasteiger partial charge in [-0.1, -0.05) is 0 Å². The first-order valence-electron chi connectivity index (χ1n) is 6.35. The highest BCUT2D eigenvalue weighted by Gasteiger charge is 2.45. The van der Waals surface area contributed by atoms with Crippen LogP contribution in [0, 0.1) is 11.3 Å². The summed E-state index contributed by atoms with van der Waals surface area (Å²) in [6, 6.07) is 0. The van der Waals surface area contributed by atoms with Gasteiger partial charge in [0.25, 0.3) is 0 Å². The lowest BCUT2D eigenvalue weighted by molar-refractivity contribution is 0.000118. The van der Waals surface area contributed by atoms with E-state index in [2.05, 4.69) is 26.1 Å². The van der Waals surface area contributed by atoms with Crippen LogP contribution in [0.2, 0.25) is 0 Å². The van der Waals surface area contributed by atoms with Crippen LogP contribution < -0.4 is 5.32 Å². The van der Waals surface area contributed by atoms with Crippen LogP contribution in [-0.2, 0) is 4.74 Å². The number of rotatable bonds is 3. The summed E-state index contributed by atoms with van der Waals surface area (Å²) in [5, 5.41) is 3.70.